The third-order valence-corrected chi connectivity index (χ3v) is 3.26. The smallest absolute Gasteiger partial charge is 0.258 e. The number of hydrogen-bond acceptors (Lipinski definition) is 4. The molecule has 0 unspecified atom stereocenters. The molecule has 1 amide bonds. The minimum absolute atomic E-state index is 0.123. The lowest BCUT2D eigenvalue weighted by Crippen LogP contribution is -2.55. The predicted octanol–water partition coefficient (Wildman–Crippen LogP) is 2.20. The van der Waals surface area contributed by atoms with Gasteiger partial charge in [-0.1, -0.05) is 0 Å². The number of rotatable bonds is 3. The Kier molecular flexibility index (Phi) is 4.18. The highest BCUT2D eigenvalue weighted by Crippen LogP contribution is 2.25. The molecular weight excluding hydrogens is 270 g/mol. The molecule has 1 fully saturated rings. The molecule has 106 valence electrons. The number of nitrogens with zero attached hydrogens (tertiary/aromatic N) is 1. The van der Waals surface area contributed by atoms with Crippen LogP contribution in [0.25, 0.3) is 0 Å². The number of amides is 1. The van der Waals surface area contributed by atoms with Crippen molar-refractivity contribution in [2.24, 2.45) is 0 Å². The van der Waals surface area contributed by atoms with Crippen LogP contribution in [0.15, 0.2) is 16.7 Å². The van der Waals surface area contributed by atoms with Crippen LogP contribution in [0.2, 0.25) is 5.22 Å². The first-order chi connectivity index (χ1) is 8.93. The van der Waals surface area contributed by atoms with Crippen molar-refractivity contribution in [3.05, 3.63) is 23.1 Å². The third-order valence-electron chi connectivity index (χ3n) is 2.97. The molecule has 19 heavy (non-hydrogen) atoms. The highest BCUT2D eigenvalue weighted by molar-refractivity contribution is 6.32. The molecular formula is C13H18ClNO4. The Hall–Kier alpha value is -1.04. The normalized spacial score (nSPS) is 22.5. The zero-order chi connectivity index (χ0) is 14.0. The second-order valence-electron chi connectivity index (χ2n) is 5.25. The maximum absolute atomic E-state index is 12.4. The number of carbonyl (C=O) groups is 1. The van der Waals surface area contributed by atoms with E-state index in [9.17, 15) is 4.79 Å². The quantitative estimate of drug-likeness (QED) is 0.855. The average Bonchev–Trinajstić information content (AvgIpc) is 2.73. The molecule has 0 radical (unpaired) electrons. The summed E-state index contributed by atoms with van der Waals surface area (Å²) < 4.78 is 15.9. The van der Waals surface area contributed by atoms with Gasteiger partial charge in [0.2, 0.25) is 5.22 Å². The molecule has 0 aromatic carbocycles. The molecule has 6 heteroatoms. The Labute approximate surface area is 117 Å². The van der Waals surface area contributed by atoms with Gasteiger partial charge in [-0.2, -0.15) is 0 Å². The number of furan rings is 1. The fraction of sp³-hybridized carbons (Fsp3) is 0.615. The number of ether oxygens (including phenoxy) is 2. The molecule has 1 saturated heterocycles. The molecule has 1 aliphatic rings. The van der Waals surface area contributed by atoms with Crippen LogP contribution in [0.3, 0.4) is 0 Å². The molecule has 1 atom stereocenters. The standard InChI is InChI=1S/C13H18ClNO4/c1-13(2)8-15(6-9(19-13)7-17-3)12(16)10-4-5-18-11(10)14/h4-5,9H,6-8H2,1-3H3/t9-/m1/s1. The van der Waals surface area contributed by atoms with Crippen molar-refractivity contribution < 1.29 is 18.7 Å². The van der Waals surface area contributed by atoms with Crippen LogP contribution in [-0.4, -0.2) is 49.3 Å². The van der Waals surface area contributed by atoms with Gasteiger partial charge in [0.15, 0.2) is 0 Å². The largest absolute Gasteiger partial charge is 0.452 e. The number of morpholine rings is 1. The van der Waals surface area contributed by atoms with Crippen molar-refractivity contribution >= 4 is 17.5 Å². The second-order valence-corrected chi connectivity index (χ2v) is 5.59. The lowest BCUT2D eigenvalue weighted by atomic mass is 10.0. The van der Waals surface area contributed by atoms with Crippen molar-refractivity contribution in [2.75, 3.05) is 26.8 Å². The number of methoxy groups -OCH3 is 1. The summed E-state index contributed by atoms with van der Waals surface area (Å²) >= 11 is 5.85. The summed E-state index contributed by atoms with van der Waals surface area (Å²) in [5.41, 5.74) is -0.0247. The zero-order valence-corrected chi connectivity index (χ0v) is 12.1. The molecule has 0 N–H and O–H groups in total. The summed E-state index contributed by atoms with van der Waals surface area (Å²) in [6.07, 6.45) is 1.27. The maximum Gasteiger partial charge on any atom is 0.258 e. The van der Waals surface area contributed by atoms with Gasteiger partial charge in [-0.05, 0) is 31.5 Å². The number of carbonyl (C=O) groups excluding carboxylic acids is 1. The van der Waals surface area contributed by atoms with E-state index in [2.05, 4.69) is 0 Å². The van der Waals surface area contributed by atoms with E-state index in [1.165, 1.54) is 6.26 Å². The summed E-state index contributed by atoms with van der Waals surface area (Å²) in [5.74, 6) is -0.142. The summed E-state index contributed by atoms with van der Waals surface area (Å²) in [5, 5.41) is 0.123. The van der Waals surface area contributed by atoms with E-state index in [1.807, 2.05) is 13.8 Å². The molecule has 2 rings (SSSR count). The van der Waals surface area contributed by atoms with Crippen molar-refractivity contribution in [3.8, 4) is 0 Å². The number of halogens is 1. The molecule has 1 aliphatic heterocycles. The number of hydrogen-bond donors (Lipinski definition) is 0. The average molecular weight is 288 g/mol. The summed E-state index contributed by atoms with van der Waals surface area (Å²) in [7, 11) is 1.62. The van der Waals surface area contributed by atoms with E-state index >= 15 is 0 Å². The van der Waals surface area contributed by atoms with Gasteiger partial charge in [0.05, 0.1) is 30.1 Å². The Bertz CT molecular complexity index is 457. The van der Waals surface area contributed by atoms with Gasteiger partial charge in [0.25, 0.3) is 5.91 Å². The minimum atomic E-state index is -0.409. The van der Waals surface area contributed by atoms with Crippen LogP contribution in [0.5, 0.6) is 0 Å². The Morgan fingerprint density at radius 1 is 1.63 bits per heavy atom. The molecule has 2 heterocycles. The van der Waals surface area contributed by atoms with Crippen LogP contribution in [0.4, 0.5) is 0 Å². The lowest BCUT2D eigenvalue weighted by molar-refractivity contribution is -0.143. The van der Waals surface area contributed by atoms with Gasteiger partial charge < -0.3 is 18.8 Å². The first kappa shape index (κ1) is 14.4. The molecule has 0 aliphatic carbocycles. The van der Waals surface area contributed by atoms with E-state index in [-0.39, 0.29) is 17.2 Å². The molecule has 0 saturated carbocycles. The molecule has 0 bridgehead atoms. The Morgan fingerprint density at radius 2 is 2.37 bits per heavy atom. The van der Waals surface area contributed by atoms with E-state index in [1.54, 1.807) is 18.1 Å². The Balaban J connectivity index is 2.15. The monoisotopic (exact) mass is 287 g/mol. The first-order valence-corrected chi connectivity index (χ1v) is 6.50. The van der Waals surface area contributed by atoms with Crippen LogP contribution >= 0.6 is 11.6 Å². The van der Waals surface area contributed by atoms with Gasteiger partial charge in [0.1, 0.15) is 0 Å². The second kappa shape index (κ2) is 5.53. The van der Waals surface area contributed by atoms with Gasteiger partial charge in [-0.15, -0.1) is 0 Å². The van der Waals surface area contributed by atoms with E-state index in [4.69, 9.17) is 25.5 Å². The maximum atomic E-state index is 12.4. The molecule has 5 nitrogen and oxygen atoms in total. The third kappa shape index (κ3) is 3.29. The molecule has 0 spiro atoms. The fourth-order valence-electron chi connectivity index (χ4n) is 2.34. The predicted molar refractivity (Wildman–Crippen MR) is 70.4 cm³/mol. The van der Waals surface area contributed by atoms with Crippen molar-refractivity contribution in [1.29, 1.82) is 0 Å². The summed E-state index contributed by atoms with van der Waals surface area (Å²) in [6.45, 7) is 5.34. The van der Waals surface area contributed by atoms with Crippen LogP contribution in [0.1, 0.15) is 24.2 Å². The minimum Gasteiger partial charge on any atom is -0.452 e. The van der Waals surface area contributed by atoms with Gasteiger partial charge in [-0.25, -0.2) is 0 Å². The Morgan fingerprint density at radius 3 is 2.95 bits per heavy atom. The molecule has 1 aromatic rings. The molecule has 1 aromatic heterocycles. The van der Waals surface area contributed by atoms with Gasteiger partial charge in [-0.3, -0.25) is 4.79 Å². The fourth-order valence-corrected chi connectivity index (χ4v) is 2.53. The lowest BCUT2D eigenvalue weighted by Gasteiger charge is -2.42. The van der Waals surface area contributed by atoms with Crippen molar-refractivity contribution in [1.82, 2.24) is 4.90 Å². The first-order valence-electron chi connectivity index (χ1n) is 6.12. The van der Waals surface area contributed by atoms with E-state index < -0.39 is 5.60 Å². The van der Waals surface area contributed by atoms with Crippen LogP contribution < -0.4 is 0 Å². The SMILES string of the molecule is COC[C@H]1CN(C(=O)c2ccoc2Cl)CC(C)(C)O1. The zero-order valence-electron chi connectivity index (χ0n) is 11.3. The summed E-state index contributed by atoms with van der Waals surface area (Å²) in [6, 6.07) is 1.58. The van der Waals surface area contributed by atoms with Crippen LogP contribution in [-0.2, 0) is 9.47 Å². The summed E-state index contributed by atoms with van der Waals surface area (Å²) in [4.78, 5) is 14.1. The van der Waals surface area contributed by atoms with Crippen molar-refractivity contribution in [2.45, 2.75) is 25.6 Å². The topological polar surface area (TPSA) is 51.9 Å². The van der Waals surface area contributed by atoms with E-state index in [0.717, 1.165) is 0 Å². The van der Waals surface area contributed by atoms with Crippen molar-refractivity contribution in [3.63, 3.8) is 0 Å². The highest BCUT2D eigenvalue weighted by atomic mass is 35.5. The van der Waals surface area contributed by atoms with Gasteiger partial charge in [0, 0.05) is 20.2 Å². The van der Waals surface area contributed by atoms with E-state index in [0.29, 0.717) is 25.3 Å². The highest BCUT2D eigenvalue weighted by Gasteiger charge is 2.36. The van der Waals surface area contributed by atoms with Gasteiger partial charge >= 0.3 is 0 Å². The van der Waals surface area contributed by atoms with Crippen LogP contribution in [0, 0.1) is 0 Å².